The highest BCUT2D eigenvalue weighted by Crippen LogP contribution is 2.44. The Kier molecular flexibility index (Phi) is 13.2. The Morgan fingerprint density at radius 3 is 2.51 bits per heavy atom. The second kappa shape index (κ2) is 18.0. The Morgan fingerprint density at radius 1 is 1.10 bits per heavy atom. The predicted molar refractivity (Wildman–Crippen MR) is 231 cm³/mol. The minimum atomic E-state index is -4.72. The Hall–Kier alpha value is -4.85. The van der Waals surface area contributed by atoms with Crippen molar-refractivity contribution in [2.45, 2.75) is 104 Å². The highest BCUT2D eigenvalue weighted by Gasteiger charge is 2.38. The third-order valence-electron chi connectivity index (χ3n) is 11.6. The number of anilines is 1. The van der Waals surface area contributed by atoms with Crippen molar-refractivity contribution in [3.8, 4) is 22.5 Å². The summed E-state index contributed by atoms with van der Waals surface area (Å²) in [5.41, 5.74) is 3.69. The summed E-state index contributed by atoms with van der Waals surface area (Å²) in [6.07, 6.45) is -3.67. The van der Waals surface area contributed by atoms with Gasteiger partial charge in [0.25, 0.3) is 5.91 Å². The van der Waals surface area contributed by atoms with Crippen molar-refractivity contribution in [3.05, 3.63) is 51.9 Å². The Labute approximate surface area is 368 Å². The first kappa shape index (κ1) is 46.2. The van der Waals surface area contributed by atoms with Crippen LogP contribution in [0.1, 0.15) is 76.8 Å². The van der Waals surface area contributed by atoms with Gasteiger partial charge in [-0.05, 0) is 77.8 Å². The number of nitrogens with one attached hydrogen (secondary N) is 2. The van der Waals surface area contributed by atoms with E-state index in [9.17, 15) is 27.6 Å². The molecule has 6 heterocycles. The number of likely N-dealkylation sites (N-methyl/N-ethyl adjacent to an activating group) is 1. The van der Waals surface area contributed by atoms with E-state index in [4.69, 9.17) is 24.2 Å². The van der Waals surface area contributed by atoms with Gasteiger partial charge < -0.3 is 33.9 Å². The van der Waals surface area contributed by atoms with Crippen LogP contribution < -0.4 is 15.6 Å². The van der Waals surface area contributed by atoms with E-state index in [0.29, 0.717) is 53.1 Å². The fourth-order valence-corrected chi connectivity index (χ4v) is 9.19. The first-order chi connectivity index (χ1) is 29.6. The maximum absolute atomic E-state index is 16.7. The molecule has 0 saturated carbocycles. The zero-order valence-corrected chi connectivity index (χ0v) is 37.8. The monoisotopic (exact) mass is 900 g/mol. The fraction of sp³-hybridized carbons (Fsp3) is 0.568. The number of rotatable bonds is 6. The van der Waals surface area contributed by atoms with Crippen LogP contribution in [0.3, 0.4) is 0 Å². The van der Waals surface area contributed by atoms with E-state index in [1.54, 1.807) is 39.3 Å². The van der Waals surface area contributed by atoms with E-state index in [1.165, 1.54) is 18.2 Å². The summed E-state index contributed by atoms with van der Waals surface area (Å²) >= 11 is 1.14. The molecule has 3 aromatic heterocycles. The summed E-state index contributed by atoms with van der Waals surface area (Å²) in [7, 11) is 3.53. The summed E-state index contributed by atoms with van der Waals surface area (Å²) in [6.45, 7) is 12.1. The Bertz CT molecular complexity index is 2350. The number of ether oxygens (including phenoxy) is 3. The quantitative estimate of drug-likeness (QED) is 0.152. The molecule has 1 aromatic carbocycles. The molecule has 0 spiro atoms. The van der Waals surface area contributed by atoms with Gasteiger partial charge in [0.2, 0.25) is 0 Å². The van der Waals surface area contributed by atoms with E-state index in [0.717, 1.165) is 40.7 Å². The number of hydrogen-bond donors (Lipinski definition) is 2. The van der Waals surface area contributed by atoms with Crippen LogP contribution in [0.5, 0.6) is 0 Å². The lowest BCUT2D eigenvalue weighted by atomic mass is 9.84. The maximum Gasteiger partial charge on any atom is 0.408 e. The molecule has 2 N–H and O–H groups in total. The molecule has 63 heavy (non-hydrogen) atoms. The van der Waals surface area contributed by atoms with E-state index in [1.807, 2.05) is 27.0 Å². The summed E-state index contributed by atoms with van der Waals surface area (Å²) in [4.78, 5) is 54.8. The van der Waals surface area contributed by atoms with Gasteiger partial charge in [0.15, 0.2) is 0 Å². The summed E-state index contributed by atoms with van der Waals surface area (Å²) < 4.78 is 79.6. The van der Waals surface area contributed by atoms with Gasteiger partial charge in [-0.3, -0.25) is 19.6 Å². The number of amides is 2. The van der Waals surface area contributed by atoms with E-state index in [-0.39, 0.29) is 48.5 Å². The average molecular weight is 901 g/mol. The van der Waals surface area contributed by atoms with Crippen molar-refractivity contribution in [1.82, 2.24) is 35.2 Å². The van der Waals surface area contributed by atoms with Gasteiger partial charge in [-0.1, -0.05) is 13.8 Å². The highest BCUT2D eigenvalue weighted by molar-refractivity contribution is 7.10. The second-order valence-electron chi connectivity index (χ2n) is 18.5. The lowest BCUT2D eigenvalue weighted by molar-refractivity contribution is -0.155. The number of carbonyl (C=O) groups excluding carboxylic acids is 3. The molecule has 3 aliphatic rings. The number of alkyl halides is 3. The number of methoxy groups -OCH3 is 1. The van der Waals surface area contributed by atoms with Crippen LogP contribution in [0, 0.1) is 11.2 Å². The molecule has 14 nitrogen and oxygen atoms in total. The molecule has 19 heteroatoms. The molecule has 3 atom stereocenters. The van der Waals surface area contributed by atoms with E-state index in [2.05, 4.69) is 20.5 Å². The fourth-order valence-electron chi connectivity index (χ4n) is 8.35. The van der Waals surface area contributed by atoms with Gasteiger partial charge in [0.05, 0.1) is 52.2 Å². The molecule has 6 bridgehead atoms. The molecule has 3 aliphatic heterocycles. The van der Waals surface area contributed by atoms with Gasteiger partial charge in [-0.25, -0.2) is 19.6 Å². The van der Waals surface area contributed by atoms with Crippen molar-refractivity contribution in [2.75, 3.05) is 58.4 Å². The van der Waals surface area contributed by atoms with Gasteiger partial charge in [-0.15, -0.1) is 11.3 Å². The van der Waals surface area contributed by atoms with Gasteiger partial charge in [0.1, 0.15) is 30.0 Å². The van der Waals surface area contributed by atoms with Crippen molar-refractivity contribution < 1.29 is 46.2 Å². The lowest BCUT2D eigenvalue weighted by Crippen LogP contribution is -2.60. The van der Waals surface area contributed by atoms with Gasteiger partial charge in [0, 0.05) is 73.6 Å². The molecule has 2 fully saturated rings. The molecule has 4 aromatic rings. The number of hydrazine groups is 1. The molecular formula is C44H56F4N8O6S. The largest absolute Gasteiger partial charge is 0.464 e. The summed E-state index contributed by atoms with van der Waals surface area (Å²) in [5, 5.41) is 6.28. The number of benzene rings is 1. The first-order valence-electron chi connectivity index (χ1n) is 21.2. The van der Waals surface area contributed by atoms with Crippen molar-refractivity contribution in [2.24, 2.45) is 5.41 Å². The Morgan fingerprint density at radius 2 is 1.83 bits per heavy atom. The standard InChI is InChI=1S/C44H56F4N8O6S/c1-25(60-8)37-29(16-26(21-49-37)54-14-12-53(7)13-15-54)38-30-20-43(5,6)24-61-40(58)32-10-9-11-56(52-32)39(57)33(51-41(59)62-42(2,3)4)19-36-50-34(22-63-36)28-17-27(30)35(18-31(28)45)55(38)23-44(46,47)48/h16-18,21-22,25,32-33,52H,9-15,19-20,23-24H2,1-8H3,(H,51,59)/t25-,32-,33-/m0/s1. The number of thiazole rings is 1. The van der Waals surface area contributed by atoms with Crippen molar-refractivity contribution in [1.29, 1.82) is 0 Å². The number of nitrogens with zero attached hydrogens (tertiary/aromatic N) is 6. The van der Waals surface area contributed by atoms with Gasteiger partial charge in [-0.2, -0.15) is 13.2 Å². The lowest BCUT2D eigenvalue weighted by Gasteiger charge is -2.35. The second-order valence-corrected chi connectivity index (χ2v) is 19.4. The minimum Gasteiger partial charge on any atom is -0.464 e. The normalized spacial score (nSPS) is 21.0. The summed E-state index contributed by atoms with van der Waals surface area (Å²) in [6, 6.07) is 2.39. The molecule has 0 radical (unpaired) electrons. The van der Waals surface area contributed by atoms with Crippen LogP contribution >= 0.6 is 11.3 Å². The molecule has 2 saturated heterocycles. The first-order valence-corrected chi connectivity index (χ1v) is 22.0. The number of alkyl carbamates (subject to hydrolysis) is 1. The zero-order valence-electron chi connectivity index (χ0n) is 36.9. The number of carbonyl (C=O) groups is 3. The molecule has 0 aliphatic carbocycles. The zero-order chi connectivity index (χ0) is 45.6. The maximum atomic E-state index is 16.7. The van der Waals surface area contributed by atoms with Crippen LogP contribution in [0.25, 0.3) is 33.4 Å². The van der Waals surface area contributed by atoms with Crippen molar-refractivity contribution >= 4 is 45.9 Å². The number of pyridine rings is 1. The molecule has 2 amide bonds. The average Bonchev–Trinajstić information content (AvgIpc) is 3.78. The van der Waals surface area contributed by atoms with Crippen molar-refractivity contribution in [3.63, 3.8) is 0 Å². The van der Waals surface area contributed by atoms with Crippen LogP contribution in [0.4, 0.5) is 28.0 Å². The highest BCUT2D eigenvalue weighted by atomic mass is 32.1. The van der Waals surface area contributed by atoms with Crippen LogP contribution in [-0.4, -0.2) is 120 Å². The number of aromatic nitrogens is 3. The number of esters is 1. The molecular weight excluding hydrogens is 845 g/mol. The Balaban J connectivity index is 1.44. The number of halogens is 4. The molecule has 0 unspecified atom stereocenters. The topological polar surface area (TPSA) is 143 Å². The number of piperazine rings is 1. The van der Waals surface area contributed by atoms with E-state index >= 15 is 4.39 Å². The van der Waals surface area contributed by atoms with Crippen LogP contribution in [-0.2, 0) is 43.2 Å². The third-order valence-corrected chi connectivity index (χ3v) is 12.4. The minimum absolute atomic E-state index is 0.0102. The third kappa shape index (κ3) is 10.6. The number of cyclic esters (lactones) is 1. The number of fused-ring (bicyclic) bond motifs is 6. The molecule has 7 rings (SSSR count). The van der Waals surface area contributed by atoms with Gasteiger partial charge >= 0.3 is 18.2 Å². The molecule has 342 valence electrons. The van der Waals surface area contributed by atoms with E-state index < -0.39 is 65.7 Å². The summed E-state index contributed by atoms with van der Waals surface area (Å²) in [5.74, 6) is -1.97. The van der Waals surface area contributed by atoms with Crippen LogP contribution in [0.2, 0.25) is 0 Å². The smallest absolute Gasteiger partial charge is 0.408 e. The number of hydrogen-bond acceptors (Lipinski definition) is 12. The van der Waals surface area contributed by atoms with Crippen LogP contribution in [0.15, 0.2) is 29.8 Å². The predicted octanol–water partition coefficient (Wildman–Crippen LogP) is 7.04. The SMILES string of the molecule is CO[C@@H](C)c1ncc(N2CCN(C)CC2)cc1-c1c2c3cc(c(F)cc3n1CC(F)(F)F)-c1csc(n1)C[C@H](NC(=O)OC(C)(C)C)C(=O)N1CCC[C@H](N1)C(=O)OCC(C)(C)C2.